The summed E-state index contributed by atoms with van der Waals surface area (Å²) >= 11 is 0. The highest BCUT2D eigenvalue weighted by molar-refractivity contribution is 6.10. The van der Waals surface area contributed by atoms with Gasteiger partial charge in [0.05, 0.1) is 12.4 Å². The summed E-state index contributed by atoms with van der Waals surface area (Å²) in [6.45, 7) is 0. The van der Waals surface area contributed by atoms with Crippen LogP contribution in [-0.4, -0.2) is 12.4 Å². The summed E-state index contributed by atoms with van der Waals surface area (Å²) in [6.07, 6.45) is 8.82. The number of fused-ring (bicyclic) bond motifs is 5. The lowest BCUT2D eigenvalue weighted by molar-refractivity contribution is 0.690. The van der Waals surface area contributed by atoms with E-state index in [-0.39, 0.29) is 24.8 Å². The maximum atomic E-state index is 3.96. The molecule has 0 saturated heterocycles. The molecule has 0 amide bonds. The van der Waals surface area contributed by atoms with E-state index in [1.165, 1.54) is 58.0 Å². The summed E-state index contributed by atoms with van der Waals surface area (Å²) in [6, 6.07) is 30.4. The lowest BCUT2D eigenvalue weighted by Gasteiger charge is -2.18. The molecule has 1 aliphatic carbocycles. The molecule has 0 spiro atoms. The Hall–Kier alpha value is -3.20. The van der Waals surface area contributed by atoms with Crippen molar-refractivity contribution in [2.75, 3.05) is 0 Å². The average Bonchev–Trinajstić information content (AvgIpc) is 3.08. The molecule has 34 heavy (non-hydrogen) atoms. The van der Waals surface area contributed by atoms with Crippen molar-refractivity contribution in [1.29, 1.82) is 0 Å². The first-order chi connectivity index (χ1) is 15.9. The molecule has 0 bridgehead atoms. The monoisotopic (exact) mass is 484 g/mol. The largest absolute Gasteiger partial charge is 0.158 e. The highest BCUT2D eigenvalue weighted by atomic mass is 35.5. The third kappa shape index (κ3) is 4.32. The van der Waals surface area contributed by atoms with Gasteiger partial charge in [-0.15, -0.1) is 24.8 Å². The van der Waals surface area contributed by atoms with E-state index in [0.717, 1.165) is 11.1 Å². The van der Waals surface area contributed by atoms with Crippen molar-refractivity contribution in [3.63, 3.8) is 0 Å². The van der Waals surface area contributed by atoms with Gasteiger partial charge in [-0.05, 0) is 69.1 Å². The molecule has 5 aromatic rings. The summed E-state index contributed by atoms with van der Waals surface area (Å²) in [5.41, 5.74) is 5.44. The van der Waals surface area contributed by atoms with E-state index < -0.39 is 0 Å². The maximum absolute atomic E-state index is 3.96. The quantitative estimate of drug-likeness (QED) is 0.197. The smallest absolute Gasteiger partial charge is 0.0574 e. The number of rotatable bonds is 0. The number of halogens is 2. The highest BCUT2D eigenvalue weighted by Crippen LogP contribution is 2.33. The van der Waals surface area contributed by atoms with Gasteiger partial charge in [0, 0.05) is 11.1 Å². The van der Waals surface area contributed by atoms with Gasteiger partial charge in [0.1, 0.15) is 0 Å². The van der Waals surface area contributed by atoms with Gasteiger partial charge in [0.2, 0.25) is 0 Å². The zero-order valence-electron chi connectivity index (χ0n) is 18.8. The molecule has 1 aliphatic heterocycles. The minimum Gasteiger partial charge on any atom is -0.158 e. The van der Waals surface area contributed by atoms with Gasteiger partial charge in [-0.25, -0.2) is 0 Å². The summed E-state index contributed by atoms with van der Waals surface area (Å²) in [4.78, 5) is 0. The van der Waals surface area contributed by atoms with Crippen LogP contribution >= 0.6 is 24.8 Å². The predicted octanol–water partition coefficient (Wildman–Crippen LogP) is 8.32. The van der Waals surface area contributed by atoms with Crippen molar-refractivity contribution < 1.29 is 0 Å². The van der Waals surface area contributed by atoms with Crippen LogP contribution in [0.5, 0.6) is 0 Å². The molecule has 2 nitrogen and oxygen atoms in total. The number of hydrogen-bond acceptors (Lipinski definition) is 2. The van der Waals surface area contributed by atoms with Crippen molar-refractivity contribution >= 4 is 69.6 Å². The minimum absolute atomic E-state index is 0. The van der Waals surface area contributed by atoms with Gasteiger partial charge < -0.3 is 0 Å². The van der Waals surface area contributed by atoms with E-state index in [1.807, 2.05) is 12.1 Å². The van der Waals surface area contributed by atoms with E-state index in [4.69, 9.17) is 0 Å². The van der Waals surface area contributed by atoms with E-state index >= 15 is 0 Å². The fourth-order valence-electron chi connectivity index (χ4n) is 5.15. The fourth-order valence-corrected chi connectivity index (χ4v) is 5.15. The van der Waals surface area contributed by atoms with Gasteiger partial charge in [-0.3, -0.25) is 0 Å². The van der Waals surface area contributed by atoms with E-state index in [2.05, 4.69) is 83.0 Å². The Morgan fingerprint density at radius 3 is 1.91 bits per heavy atom. The van der Waals surface area contributed by atoms with Crippen LogP contribution in [-0.2, 0) is 12.8 Å². The molecule has 1 heterocycles. The lowest BCUT2D eigenvalue weighted by Crippen LogP contribution is -2.02. The highest BCUT2D eigenvalue weighted by Gasteiger charge is 2.13. The van der Waals surface area contributed by atoms with Gasteiger partial charge in [-0.2, -0.15) is 10.2 Å². The standard InChI is InChI=1S/C18H16.C12H8N2.2ClH/c1-3-7-15-13(5-1)9-11-18-16-8-4-2-6-14(16)10-12-17(15)18;1-3-9-4-2-6-11-8-14-13-7-10(5-1)12(9)11;;/h1,3,5,7,9-12H,2,4,6,8H2;1-8H;2*1H. The normalized spacial score (nSPS) is 13.3. The molecular formula is C30H26Cl2N2. The maximum Gasteiger partial charge on any atom is 0.0574 e. The number of hydrogen-bond donors (Lipinski definition) is 0. The van der Waals surface area contributed by atoms with E-state index in [9.17, 15) is 0 Å². The zero-order chi connectivity index (χ0) is 21.3. The Labute approximate surface area is 212 Å². The topological polar surface area (TPSA) is 24.7 Å². The molecule has 0 unspecified atom stereocenters. The second-order valence-electron chi connectivity index (χ2n) is 8.57. The van der Waals surface area contributed by atoms with Crippen LogP contribution in [0.3, 0.4) is 0 Å². The van der Waals surface area contributed by atoms with Crippen LogP contribution in [0.4, 0.5) is 0 Å². The Kier molecular flexibility index (Phi) is 7.31. The SMILES string of the molecule is C1=NN=Cc2cccc3cccc1c23.Cl.Cl.c1ccc2c(c1)ccc1c3c(ccc12)CCCC3. The molecule has 0 saturated carbocycles. The summed E-state index contributed by atoms with van der Waals surface area (Å²) in [5.74, 6) is 0. The predicted molar refractivity (Wildman–Crippen MR) is 152 cm³/mol. The third-order valence-corrected chi connectivity index (χ3v) is 6.69. The van der Waals surface area contributed by atoms with Crippen LogP contribution in [0.25, 0.3) is 32.3 Å². The molecule has 170 valence electrons. The summed E-state index contributed by atoms with van der Waals surface area (Å²) in [5, 5.41) is 16.0. The third-order valence-electron chi connectivity index (χ3n) is 6.69. The molecule has 4 heteroatoms. The molecule has 0 fully saturated rings. The van der Waals surface area contributed by atoms with Gasteiger partial charge in [-0.1, -0.05) is 84.9 Å². The second kappa shape index (κ2) is 10.4. The average molecular weight is 485 g/mol. The fraction of sp³-hybridized carbons (Fsp3) is 0.133. The summed E-state index contributed by atoms with van der Waals surface area (Å²) < 4.78 is 0. The van der Waals surface area contributed by atoms with Crippen LogP contribution < -0.4 is 0 Å². The Morgan fingerprint density at radius 1 is 0.500 bits per heavy atom. The minimum atomic E-state index is 0. The number of benzene rings is 5. The van der Waals surface area contributed by atoms with Crippen LogP contribution in [0.2, 0.25) is 0 Å². The molecule has 5 aromatic carbocycles. The van der Waals surface area contributed by atoms with Crippen LogP contribution in [0.1, 0.15) is 35.1 Å². The first-order valence-electron chi connectivity index (χ1n) is 11.4. The molecule has 0 N–H and O–H groups in total. The first kappa shape index (κ1) is 23.9. The van der Waals surface area contributed by atoms with Crippen molar-refractivity contribution in [1.82, 2.24) is 0 Å². The Balaban J connectivity index is 0.000000156. The first-order valence-corrected chi connectivity index (χ1v) is 11.4. The van der Waals surface area contributed by atoms with Crippen LogP contribution in [0.15, 0.2) is 95.1 Å². The van der Waals surface area contributed by atoms with Gasteiger partial charge >= 0.3 is 0 Å². The molecule has 2 aliphatic rings. The number of nitrogens with zero attached hydrogens (tertiary/aromatic N) is 2. The Morgan fingerprint density at radius 2 is 1.15 bits per heavy atom. The van der Waals surface area contributed by atoms with Gasteiger partial charge in [0.25, 0.3) is 0 Å². The molecular weight excluding hydrogens is 459 g/mol. The Bertz CT molecular complexity index is 1490. The summed E-state index contributed by atoms with van der Waals surface area (Å²) in [7, 11) is 0. The molecule has 0 atom stereocenters. The molecule has 0 radical (unpaired) electrons. The zero-order valence-corrected chi connectivity index (χ0v) is 20.4. The number of aryl methyl sites for hydroxylation is 2. The van der Waals surface area contributed by atoms with Crippen molar-refractivity contribution in [3.05, 3.63) is 107 Å². The van der Waals surface area contributed by atoms with Crippen molar-refractivity contribution in [3.8, 4) is 0 Å². The van der Waals surface area contributed by atoms with E-state index in [0.29, 0.717) is 0 Å². The van der Waals surface area contributed by atoms with Gasteiger partial charge in [0.15, 0.2) is 0 Å². The van der Waals surface area contributed by atoms with Crippen molar-refractivity contribution in [2.45, 2.75) is 25.7 Å². The van der Waals surface area contributed by atoms with Crippen LogP contribution in [0, 0.1) is 0 Å². The second-order valence-corrected chi connectivity index (χ2v) is 8.57. The van der Waals surface area contributed by atoms with Crippen molar-refractivity contribution in [2.24, 2.45) is 10.2 Å². The molecule has 7 rings (SSSR count). The van der Waals surface area contributed by atoms with E-state index in [1.54, 1.807) is 23.6 Å². The molecule has 0 aromatic heterocycles. The lowest BCUT2D eigenvalue weighted by atomic mass is 9.86.